The van der Waals surface area contributed by atoms with Crippen LogP contribution in [0.3, 0.4) is 0 Å². The molecule has 0 aliphatic heterocycles. The lowest BCUT2D eigenvalue weighted by atomic mass is 9.90. The van der Waals surface area contributed by atoms with Gasteiger partial charge in [-0.25, -0.2) is 4.39 Å². The Morgan fingerprint density at radius 1 is 1.47 bits per heavy atom. The Hall–Kier alpha value is -1.62. The highest BCUT2D eigenvalue weighted by Gasteiger charge is 2.26. The molecule has 0 unspecified atom stereocenters. The molecular weight excluding hydrogens is 245 g/mol. The van der Waals surface area contributed by atoms with Crippen LogP contribution in [0.4, 0.5) is 10.1 Å². The third-order valence-electron chi connectivity index (χ3n) is 3.63. The van der Waals surface area contributed by atoms with Gasteiger partial charge in [0.15, 0.2) is 0 Å². The number of halogens is 1. The zero-order valence-electron chi connectivity index (χ0n) is 10.9. The molecule has 19 heavy (non-hydrogen) atoms. The van der Waals surface area contributed by atoms with Crippen LogP contribution in [-0.4, -0.2) is 30.1 Å². The Labute approximate surface area is 112 Å². The monoisotopic (exact) mass is 265 g/mol. The fraction of sp³-hybridized carbons (Fsp3) is 0.500. The molecule has 4 nitrogen and oxygen atoms in total. The second-order valence-electron chi connectivity index (χ2n) is 4.93. The van der Waals surface area contributed by atoms with Gasteiger partial charge in [-0.1, -0.05) is 0 Å². The van der Waals surface area contributed by atoms with E-state index in [2.05, 4.69) is 4.90 Å². The van der Waals surface area contributed by atoms with E-state index in [1.54, 1.807) is 6.07 Å². The second kappa shape index (κ2) is 6.02. The molecule has 1 saturated carbocycles. The van der Waals surface area contributed by atoms with Crippen LogP contribution in [0.5, 0.6) is 0 Å². The molecule has 1 aromatic carbocycles. The van der Waals surface area contributed by atoms with Gasteiger partial charge in [0.2, 0.25) is 0 Å². The summed E-state index contributed by atoms with van der Waals surface area (Å²) < 4.78 is 13.3. The van der Waals surface area contributed by atoms with Gasteiger partial charge in [-0.2, -0.15) is 0 Å². The highest BCUT2D eigenvalue weighted by atomic mass is 19.1. The predicted octanol–water partition coefficient (Wildman–Crippen LogP) is 1.85. The quantitative estimate of drug-likeness (QED) is 0.543. The van der Waals surface area contributed by atoms with Crippen molar-refractivity contribution in [1.82, 2.24) is 0 Å². The average Bonchev–Trinajstić information content (AvgIpc) is 2.32. The Kier molecular flexibility index (Phi) is 4.37. The third kappa shape index (κ3) is 3.04. The van der Waals surface area contributed by atoms with E-state index in [0.717, 1.165) is 18.5 Å². The summed E-state index contributed by atoms with van der Waals surface area (Å²) in [6, 6.07) is 4.80. The number of aliphatic hydroxyl groups is 1. The molecule has 0 atom stereocenters. The summed E-state index contributed by atoms with van der Waals surface area (Å²) >= 11 is 0. The number of hydrogen-bond acceptors (Lipinski definition) is 3. The maximum atomic E-state index is 13.3. The summed E-state index contributed by atoms with van der Waals surface area (Å²) in [4.78, 5) is 2.15. The van der Waals surface area contributed by atoms with E-state index < -0.39 is 0 Å². The van der Waals surface area contributed by atoms with Crippen LogP contribution < -0.4 is 10.6 Å². The second-order valence-corrected chi connectivity index (χ2v) is 4.93. The predicted molar refractivity (Wildman–Crippen MR) is 74.1 cm³/mol. The van der Waals surface area contributed by atoms with Gasteiger partial charge >= 0.3 is 0 Å². The first-order valence-electron chi connectivity index (χ1n) is 6.65. The van der Waals surface area contributed by atoms with Crippen LogP contribution >= 0.6 is 0 Å². The molecule has 0 saturated heterocycles. The molecular formula is C14H20FN3O. The number of nitrogens with zero attached hydrogens (tertiary/aromatic N) is 1. The van der Waals surface area contributed by atoms with Crippen molar-refractivity contribution in [2.45, 2.75) is 31.7 Å². The number of nitrogens with one attached hydrogen (secondary N) is 1. The van der Waals surface area contributed by atoms with Crippen LogP contribution in [0.25, 0.3) is 0 Å². The number of hydrogen-bond donors (Lipinski definition) is 3. The van der Waals surface area contributed by atoms with E-state index in [-0.39, 0.29) is 18.3 Å². The number of aliphatic hydroxyl groups excluding tert-OH is 1. The average molecular weight is 265 g/mol. The highest BCUT2D eigenvalue weighted by Crippen LogP contribution is 2.32. The van der Waals surface area contributed by atoms with Gasteiger partial charge < -0.3 is 15.7 Å². The smallest absolute Gasteiger partial charge is 0.125 e. The van der Waals surface area contributed by atoms with E-state index in [0.29, 0.717) is 24.6 Å². The van der Waals surface area contributed by atoms with Crippen LogP contribution in [0.2, 0.25) is 0 Å². The minimum Gasteiger partial charge on any atom is -0.396 e. The summed E-state index contributed by atoms with van der Waals surface area (Å²) in [6.07, 6.45) is 4.04. The first-order valence-corrected chi connectivity index (χ1v) is 6.65. The van der Waals surface area contributed by atoms with Crippen molar-refractivity contribution in [3.63, 3.8) is 0 Å². The zero-order valence-corrected chi connectivity index (χ0v) is 10.9. The number of benzene rings is 1. The van der Waals surface area contributed by atoms with Crippen LogP contribution in [-0.2, 0) is 0 Å². The van der Waals surface area contributed by atoms with Gasteiger partial charge in [0.25, 0.3) is 0 Å². The molecule has 4 N–H and O–H groups in total. The van der Waals surface area contributed by atoms with E-state index in [9.17, 15) is 4.39 Å². The molecule has 1 fully saturated rings. The van der Waals surface area contributed by atoms with Crippen molar-refractivity contribution in [2.24, 2.45) is 5.73 Å². The maximum Gasteiger partial charge on any atom is 0.125 e. The number of anilines is 1. The van der Waals surface area contributed by atoms with Crippen LogP contribution in [0.15, 0.2) is 18.2 Å². The SMILES string of the molecule is N=C(N)c1cc(F)ccc1N(CCCO)C1CCC1. The first kappa shape index (κ1) is 13.8. The van der Waals surface area contributed by atoms with Gasteiger partial charge in [-0.3, -0.25) is 5.41 Å². The summed E-state index contributed by atoms with van der Waals surface area (Å²) in [7, 11) is 0. The molecule has 0 heterocycles. The Balaban J connectivity index is 2.31. The highest BCUT2D eigenvalue weighted by molar-refractivity contribution is 6.00. The zero-order chi connectivity index (χ0) is 13.8. The normalized spacial score (nSPS) is 15.1. The molecule has 0 amide bonds. The van der Waals surface area contributed by atoms with Gasteiger partial charge in [0.1, 0.15) is 11.7 Å². The van der Waals surface area contributed by atoms with Crippen LogP contribution in [0.1, 0.15) is 31.2 Å². The van der Waals surface area contributed by atoms with Gasteiger partial charge in [-0.15, -0.1) is 0 Å². The lowest BCUT2D eigenvalue weighted by Crippen LogP contribution is -2.42. The largest absolute Gasteiger partial charge is 0.396 e. The molecule has 1 aliphatic rings. The van der Waals surface area contributed by atoms with Crippen molar-refractivity contribution in [1.29, 1.82) is 5.41 Å². The Bertz CT molecular complexity index is 460. The molecule has 0 radical (unpaired) electrons. The molecule has 0 aromatic heterocycles. The van der Waals surface area contributed by atoms with Crippen molar-refractivity contribution in [3.05, 3.63) is 29.6 Å². The topological polar surface area (TPSA) is 73.3 Å². The summed E-state index contributed by atoms with van der Waals surface area (Å²) in [5, 5.41) is 16.6. The first-order chi connectivity index (χ1) is 9.13. The van der Waals surface area contributed by atoms with Crippen LogP contribution in [0, 0.1) is 11.2 Å². The summed E-state index contributed by atoms with van der Waals surface area (Å²) in [6.45, 7) is 0.826. The molecule has 5 heteroatoms. The van der Waals surface area contributed by atoms with Crippen molar-refractivity contribution in [3.8, 4) is 0 Å². The number of nitrogen functional groups attached to an aromatic ring is 1. The van der Waals surface area contributed by atoms with Crippen molar-refractivity contribution in [2.75, 3.05) is 18.1 Å². The Morgan fingerprint density at radius 3 is 2.74 bits per heavy atom. The van der Waals surface area contributed by atoms with Gasteiger partial charge in [-0.05, 0) is 43.9 Å². The summed E-state index contributed by atoms with van der Waals surface area (Å²) in [5.41, 5.74) is 6.78. The van der Waals surface area contributed by atoms with Crippen molar-refractivity contribution >= 4 is 11.5 Å². The van der Waals surface area contributed by atoms with E-state index >= 15 is 0 Å². The molecule has 1 aromatic rings. The minimum absolute atomic E-state index is 0.122. The maximum absolute atomic E-state index is 13.3. The molecule has 0 spiro atoms. The third-order valence-corrected chi connectivity index (χ3v) is 3.63. The molecule has 2 rings (SSSR count). The standard InChI is InChI=1S/C14H20FN3O/c15-10-5-6-13(12(9-10)14(16)17)18(7-2-8-19)11-3-1-4-11/h5-6,9,11,19H,1-4,7-8H2,(H3,16,17). The molecule has 104 valence electrons. The van der Waals surface area contributed by atoms with Gasteiger partial charge in [0.05, 0.1) is 0 Å². The fourth-order valence-corrected chi connectivity index (χ4v) is 2.41. The molecule has 0 bridgehead atoms. The fourth-order valence-electron chi connectivity index (χ4n) is 2.41. The number of rotatable bonds is 6. The van der Waals surface area contributed by atoms with E-state index in [1.165, 1.54) is 18.6 Å². The lowest BCUT2D eigenvalue weighted by molar-refractivity contribution is 0.283. The summed E-state index contributed by atoms with van der Waals surface area (Å²) in [5.74, 6) is -0.507. The number of nitrogens with two attached hydrogens (primary N) is 1. The van der Waals surface area contributed by atoms with E-state index in [4.69, 9.17) is 16.2 Å². The number of amidine groups is 1. The molecule has 1 aliphatic carbocycles. The minimum atomic E-state index is -0.385. The Morgan fingerprint density at radius 2 is 2.21 bits per heavy atom. The van der Waals surface area contributed by atoms with E-state index in [1.807, 2.05) is 0 Å². The lowest BCUT2D eigenvalue weighted by Gasteiger charge is -2.40. The van der Waals surface area contributed by atoms with Gasteiger partial charge in [0, 0.05) is 30.4 Å². The van der Waals surface area contributed by atoms with Crippen molar-refractivity contribution < 1.29 is 9.50 Å².